The Bertz CT molecular complexity index is 1020. The maximum atomic E-state index is 13.8. The smallest absolute Gasteiger partial charge is 0.165 e. The molecule has 0 saturated carbocycles. The Morgan fingerprint density at radius 3 is 2.48 bits per heavy atom. The zero-order valence-electron chi connectivity index (χ0n) is 13.9. The van der Waals surface area contributed by atoms with E-state index in [9.17, 15) is 4.39 Å². The summed E-state index contributed by atoms with van der Waals surface area (Å²) < 4.78 is 21.1. The van der Waals surface area contributed by atoms with Gasteiger partial charge in [0.1, 0.15) is 0 Å². The molecular formula is C22H18FNO. The van der Waals surface area contributed by atoms with Crippen LogP contribution in [0.25, 0.3) is 22.0 Å². The lowest BCUT2D eigenvalue weighted by molar-refractivity contribution is 0.387. The van der Waals surface area contributed by atoms with Crippen molar-refractivity contribution in [1.82, 2.24) is 4.57 Å². The van der Waals surface area contributed by atoms with E-state index in [1.165, 1.54) is 18.7 Å². The quantitative estimate of drug-likeness (QED) is 0.481. The van der Waals surface area contributed by atoms with Gasteiger partial charge in [-0.3, -0.25) is 0 Å². The number of ether oxygens (including phenoxy) is 1. The number of hydrogen-bond donors (Lipinski definition) is 0. The van der Waals surface area contributed by atoms with Crippen molar-refractivity contribution < 1.29 is 9.13 Å². The van der Waals surface area contributed by atoms with E-state index in [0.717, 1.165) is 28.6 Å². The van der Waals surface area contributed by atoms with E-state index in [4.69, 9.17) is 4.74 Å². The molecule has 0 aliphatic carbocycles. The number of halogens is 1. The molecule has 0 unspecified atom stereocenters. The van der Waals surface area contributed by atoms with Gasteiger partial charge in [0.05, 0.1) is 7.11 Å². The number of aromatic nitrogens is 1. The van der Waals surface area contributed by atoms with Crippen molar-refractivity contribution in [2.24, 2.45) is 0 Å². The summed E-state index contributed by atoms with van der Waals surface area (Å²) in [4.78, 5) is 0. The van der Waals surface area contributed by atoms with Gasteiger partial charge < -0.3 is 9.30 Å². The van der Waals surface area contributed by atoms with Crippen LogP contribution in [0.5, 0.6) is 5.75 Å². The second-order valence-corrected chi connectivity index (χ2v) is 6.02. The number of benzene rings is 3. The van der Waals surface area contributed by atoms with Gasteiger partial charge in [0.15, 0.2) is 11.6 Å². The van der Waals surface area contributed by atoms with Crippen LogP contribution in [0.4, 0.5) is 4.39 Å². The Morgan fingerprint density at radius 1 is 0.920 bits per heavy atom. The number of rotatable bonds is 4. The molecule has 0 spiro atoms. The highest BCUT2D eigenvalue weighted by molar-refractivity contribution is 5.96. The van der Waals surface area contributed by atoms with Gasteiger partial charge in [-0.05, 0) is 29.3 Å². The summed E-state index contributed by atoms with van der Waals surface area (Å²) in [6.07, 6.45) is 2.13. The van der Waals surface area contributed by atoms with Gasteiger partial charge in [0.2, 0.25) is 0 Å². The van der Waals surface area contributed by atoms with Crippen molar-refractivity contribution in [1.29, 1.82) is 0 Å². The molecule has 0 aliphatic rings. The van der Waals surface area contributed by atoms with Crippen molar-refractivity contribution in [2.45, 2.75) is 6.54 Å². The van der Waals surface area contributed by atoms with Gasteiger partial charge in [-0.2, -0.15) is 0 Å². The van der Waals surface area contributed by atoms with Crippen molar-refractivity contribution in [3.8, 4) is 16.9 Å². The fourth-order valence-corrected chi connectivity index (χ4v) is 3.22. The third-order valence-corrected chi connectivity index (χ3v) is 4.45. The molecule has 0 N–H and O–H groups in total. The molecule has 124 valence electrons. The van der Waals surface area contributed by atoms with Crippen molar-refractivity contribution in [3.63, 3.8) is 0 Å². The molecule has 4 rings (SSSR count). The van der Waals surface area contributed by atoms with Crippen LogP contribution < -0.4 is 4.74 Å². The van der Waals surface area contributed by atoms with Gasteiger partial charge in [0, 0.05) is 29.2 Å². The zero-order valence-corrected chi connectivity index (χ0v) is 13.9. The van der Waals surface area contributed by atoms with Crippen LogP contribution in [0.2, 0.25) is 0 Å². The summed E-state index contributed by atoms with van der Waals surface area (Å²) in [5, 5.41) is 1.15. The van der Waals surface area contributed by atoms with Crippen LogP contribution in [0.15, 0.2) is 79.0 Å². The van der Waals surface area contributed by atoms with Gasteiger partial charge in [-0.25, -0.2) is 4.39 Å². The topological polar surface area (TPSA) is 14.2 Å². The van der Waals surface area contributed by atoms with E-state index in [0.29, 0.717) is 0 Å². The van der Waals surface area contributed by atoms with Crippen LogP contribution in [-0.2, 0) is 6.54 Å². The molecule has 1 heterocycles. The molecule has 0 amide bonds. The zero-order chi connectivity index (χ0) is 17.2. The molecule has 25 heavy (non-hydrogen) atoms. The summed E-state index contributed by atoms with van der Waals surface area (Å²) in [6.45, 7) is 0.791. The van der Waals surface area contributed by atoms with Crippen LogP contribution in [0.3, 0.4) is 0 Å². The monoisotopic (exact) mass is 331 g/mol. The Balaban J connectivity index is 1.85. The average Bonchev–Trinajstić information content (AvgIpc) is 3.02. The molecule has 0 radical (unpaired) electrons. The molecule has 0 bridgehead atoms. The molecule has 3 heteroatoms. The van der Waals surface area contributed by atoms with Crippen LogP contribution in [0.1, 0.15) is 5.56 Å². The number of nitrogens with zero attached hydrogens (tertiary/aromatic N) is 1. The van der Waals surface area contributed by atoms with Crippen LogP contribution in [0, 0.1) is 5.82 Å². The van der Waals surface area contributed by atoms with Crippen molar-refractivity contribution in [2.75, 3.05) is 7.11 Å². The first kappa shape index (κ1) is 15.5. The number of hydrogen-bond acceptors (Lipinski definition) is 1. The predicted octanol–water partition coefficient (Wildman–Crippen LogP) is 5.50. The molecule has 3 aromatic carbocycles. The minimum atomic E-state index is -0.348. The van der Waals surface area contributed by atoms with Gasteiger partial charge >= 0.3 is 0 Å². The highest BCUT2D eigenvalue weighted by Gasteiger charge is 2.12. The third kappa shape index (κ3) is 2.89. The lowest BCUT2D eigenvalue weighted by Gasteiger charge is -2.05. The lowest BCUT2D eigenvalue weighted by atomic mass is 10.0. The molecule has 4 aromatic rings. The molecule has 0 atom stereocenters. The number of methoxy groups -OCH3 is 1. The summed E-state index contributed by atoms with van der Waals surface area (Å²) in [5.74, 6) is -0.0864. The largest absolute Gasteiger partial charge is 0.494 e. The summed E-state index contributed by atoms with van der Waals surface area (Å²) >= 11 is 0. The van der Waals surface area contributed by atoms with Gasteiger partial charge in [-0.15, -0.1) is 0 Å². The third-order valence-electron chi connectivity index (χ3n) is 4.45. The van der Waals surface area contributed by atoms with Gasteiger partial charge in [-0.1, -0.05) is 54.6 Å². The standard InChI is InChI=1S/C22H18FNO/c1-25-22-13-17(11-12-20(22)23)19-15-24(14-16-7-3-2-4-8-16)21-10-6-5-9-18(19)21/h2-13,15H,14H2,1H3. The first-order chi connectivity index (χ1) is 12.3. The van der Waals surface area contributed by atoms with E-state index in [-0.39, 0.29) is 11.6 Å². The fourth-order valence-electron chi connectivity index (χ4n) is 3.22. The van der Waals surface area contributed by atoms with Crippen molar-refractivity contribution in [3.05, 3.63) is 90.4 Å². The Hall–Kier alpha value is -3.07. The second kappa shape index (κ2) is 6.44. The predicted molar refractivity (Wildman–Crippen MR) is 99.4 cm³/mol. The first-order valence-electron chi connectivity index (χ1n) is 8.22. The van der Waals surface area contributed by atoms with E-state index in [1.807, 2.05) is 30.3 Å². The van der Waals surface area contributed by atoms with E-state index < -0.39 is 0 Å². The Labute approximate surface area is 146 Å². The first-order valence-corrected chi connectivity index (χ1v) is 8.22. The maximum Gasteiger partial charge on any atom is 0.165 e. The maximum absolute atomic E-state index is 13.8. The average molecular weight is 331 g/mol. The Kier molecular flexibility index (Phi) is 3.98. The molecular weight excluding hydrogens is 313 g/mol. The molecule has 2 nitrogen and oxygen atoms in total. The molecule has 1 aromatic heterocycles. The van der Waals surface area contributed by atoms with Gasteiger partial charge in [0.25, 0.3) is 0 Å². The van der Waals surface area contributed by atoms with Crippen LogP contribution in [-0.4, -0.2) is 11.7 Å². The normalized spacial score (nSPS) is 11.0. The SMILES string of the molecule is COc1cc(-c2cn(Cc3ccccc3)c3ccccc23)ccc1F. The fraction of sp³-hybridized carbons (Fsp3) is 0.0909. The minimum Gasteiger partial charge on any atom is -0.494 e. The molecule has 0 saturated heterocycles. The van der Waals surface area contributed by atoms with Crippen LogP contribution >= 0.6 is 0 Å². The van der Waals surface area contributed by atoms with E-state index >= 15 is 0 Å². The second-order valence-electron chi connectivity index (χ2n) is 6.02. The Morgan fingerprint density at radius 2 is 1.68 bits per heavy atom. The molecule has 0 aliphatic heterocycles. The summed E-state index contributed by atoms with van der Waals surface area (Å²) in [6, 6.07) is 23.6. The van der Waals surface area contributed by atoms with E-state index in [1.54, 1.807) is 12.1 Å². The molecule has 0 fully saturated rings. The number of fused-ring (bicyclic) bond motifs is 1. The summed E-state index contributed by atoms with van der Waals surface area (Å²) in [5.41, 5.74) is 4.42. The van der Waals surface area contributed by atoms with Crippen molar-refractivity contribution >= 4 is 10.9 Å². The highest BCUT2D eigenvalue weighted by atomic mass is 19.1. The lowest BCUT2D eigenvalue weighted by Crippen LogP contribution is -1.97. The van der Waals surface area contributed by atoms with E-state index in [2.05, 4.69) is 35.0 Å². The number of para-hydroxylation sites is 1. The summed E-state index contributed by atoms with van der Waals surface area (Å²) in [7, 11) is 1.49. The highest BCUT2D eigenvalue weighted by Crippen LogP contribution is 2.33. The minimum absolute atomic E-state index is 0.261.